The van der Waals surface area contributed by atoms with Gasteiger partial charge in [0.2, 0.25) is 31.9 Å². The van der Waals surface area contributed by atoms with Crippen LogP contribution in [-0.4, -0.2) is 281 Å². The maximum Gasteiger partial charge on any atom is 0.490 e. The van der Waals surface area contributed by atoms with Gasteiger partial charge in [0, 0.05) is 120 Å². The first-order chi connectivity index (χ1) is 46.5. The number of anilines is 1. The number of nitrogens with one attached hydrogen (secondary N) is 7. The van der Waals surface area contributed by atoms with Gasteiger partial charge in [0.25, 0.3) is 5.91 Å². The van der Waals surface area contributed by atoms with Crippen LogP contribution < -0.4 is 30.7 Å². The maximum atomic E-state index is 13.5. The van der Waals surface area contributed by atoms with Gasteiger partial charge in [-0.05, 0) is 60.0 Å². The van der Waals surface area contributed by atoms with Gasteiger partial charge in [0.05, 0.1) is 53.4 Å². The quantitative estimate of drug-likeness (QED) is 0.00870. The van der Waals surface area contributed by atoms with E-state index in [4.69, 9.17) is 25.1 Å². The zero-order valence-electron chi connectivity index (χ0n) is 51.5. The van der Waals surface area contributed by atoms with Gasteiger partial charge in [-0.25, -0.2) is 41.4 Å². The molecule has 0 spiro atoms. The highest BCUT2D eigenvalue weighted by Gasteiger charge is 2.39. The van der Waals surface area contributed by atoms with Crippen molar-refractivity contribution >= 4 is 102 Å². The van der Waals surface area contributed by atoms with Crippen molar-refractivity contribution in [3.8, 4) is 11.1 Å². The summed E-state index contributed by atoms with van der Waals surface area (Å²) < 4.78 is 127. The Labute approximate surface area is 561 Å². The number of imidazole rings is 1. The number of nitrogens with zero attached hydrogens (tertiary/aromatic N) is 7. The average molecular weight is 1480 g/mol. The van der Waals surface area contributed by atoms with Gasteiger partial charge in [-0.1, -0.05) is 29.3 Å². The Kier molecular flexibility index (Phi) is 32.8. The molecule has 5 aromatic rings. The molecule has 1 aliphatic heterocycles. The summed E-state index contributed by atoms with van der Waals surface area (Å²) in [5.74, 6) is -12.2. The maximum absolute atomic E-state index is 13.5. The third-order valence-electron chi connectivity index (χ3n) is 13.5. The van der Waals surface area contributed by atoms with Gasteiger partial charge < -0.3 is 56.9 Å². The summed E-state index contributed by atoms with van der Waals surface area (Å²) in [5.41, 5.74) is 1.92. The van der Waals surface area contributed by atoms with Crippen molar-refractivity contribution in [2.75, 3.05) is 116 Å². The molecule has 1 saturated heterocycles. The number of amides is 3. The second-order valence-electron chi connectivity index (χ2n) is 20.8. The zero-order chi connectivity index (χ0) is 73.7. The molecule has 3 aromatic carbocycles. The second-order valence-corrected chi connectivity index (χ2v) is 24.9. The highest BCUT2D eigenvalue weighted by molar-refractivity contribution is 7.94. The number of carbonyl (C=O) groups is 9. The lowest BCUT2D eigenvalue weighted by Gasteiger charge is -2.33. The molecule has 0 bridgehead atoms. The minimum atomic E-state index is -5.08. The number of aromatic amines is 1. The molecule has 0 saturated carbocycles. The normalized spacial score (nSPS) is 14.7. The minimum absolute atomic E-state index is 0.113. The fourth-order valence-corrected chi connectivity index (χ4v) is 11.4. The van der Waals surface area contributed by atoms with E-state index in [9.17, 15) is 97.2 Å². The first kappa shape index (κ1) is 82.3. The van der Waals surface area contributed by atoms with Crippen LogP contribution >= 0.6 is 12.0 Å². The Balaban J connectivity index is 0.00000134. The van der Waals surface area contributed by atoms with E-state index < -0.39 is 105 Å². The number of rotatable bonds is 32. The lowest BCUT2D eigenvalue weighted by atomic mass is 10.1. The van der Waals surface area contributed by atoms with Gasteiger partial charge in [-0.2, -0.15) is 36.2 Å². The Morgan fingerprint density at radius 2 is 1.11 bits per heavy atom. The minimum Gasteiger partial charge on any atom is -0.480 e. The molecular formula is C54H68F6N14O22S3. The van der Waals surface area contributed by atoms with Crippen molar-refractivity contribution in [3.05, 3.63) is 90.9 Å². The monoisotopic (exact) mass is 1470 g/mol. The molecule has 3 amide bonds. The molecule has 36 nitrogen and oxygen atoms in total. The lowest BCUT2D eigenvalue weighted by Crippen LogP contribution is -2.53. The van der Waals surface area contributed by atoms with Crippen molar-refractivity contribution in [1.29, 1.82) is 0 Å². The van der Waals surface area contributed by atoms with Crippen molar-refractivity contribution in [2.24, 2.45) is 0 Å². The summed E-state index contributed by atoms with van der Waals surface area (Å²) >= 11 is 0.454. The summed E-state index contributed by atoms with van der Waals surface area (Å²) in [6.45, 7) is -0.326. The average Bonchev–Trinajstić information content (AvgIpc) is 1.78. The number of aromatic nitrogens is 4. The molecule has 45 heteroatoms. The third-order valence-corrected chi connectivity index (χ3v) is 17.1. The molecule has 1 aliphatic rings. The Morgan fingerprint density at radius 1 is 0.626 bits per heavy atom. The number of carboxylic acid groups (broad SMARTS) is 6. The smallest absolute Gasteiger partial charge is 0.480 e. The fourth-order valence-electron chi connectivity index (χ4n) is 8.69. The van der Waals surface area contributed by atoms with Crippen LogP contribution in [0.4, 0.5) is 32.3 Å². The summed E-state index contributed by atoms with van der Waals surface area (Å²) in [5, 5.41) is 80.7. The van der Waals surface area contributed by atoms with Crippen LogP contribution in [0.5, 0.6) is 0 Å². The number of aliphatic carboxylic acids is 6. The molecule has 3 heterocycles. The Bertz CT molecular complexity index is 3690. The number of hydrogen-bond acceptors (Lipinski definition) is 24. The van der Waals surface area contributed by atoms with E-state index in [0.717, 1.165) is 11.9 Å². The summed E-state index contributed by atoms with van der Waals surface area (Å²) in [6, 6.07) is 12.6. The SMILES string of the molecule is O=C(O)C(F)(F)F.O=C(O)C(F)(F)F.O=C(O)CN1CCN(CC(=O)O)CCN(CC(=O)NC(CSOOO)C(=O)NCCNS(=O)(=O)c2ccc(-c3ccc(S(=O)(=O)N[C@@H](CNC(=O)c4ccc5c(cnn5CCCNc5ncc[nH]5)c4)C(=O)O)cc3)cc2)CCN(CC(=O)O)CC1. The zero-order valence-corrected chi connectivity index (χ0v) is 54.0. The highest BCUT2D eigenvalue weighted by Crippen LogP contribution is 2.24. The van der Waals surface area contributed by atoms with Gasteiger partial charge in [0.1, 0.15) is 12.1 Å². The first-order valence-electron chi connectivity index (χ1n) is 28.7. The van der Waals surface area contributed by atoms with Gasteiger partial charge >= 0.3 is 48.2 Å². The number of aryl methyl sites for hydroxylation is 1. The second kappa shape index (κ2) is 39.4. The molecule has 0 radical (unpaired) electrons. The van der Waals surface area contributed by atoms with E-state index in [1.54, 1.807) is 61.1 Å². The standard InChI is InChI=1S/C50H66N14O18S3.2C2HF3O2/c65-43(29-60-18-20-61(30-44(66)67)22-24-63(32-46(70)71)25-23-62(21-19-60)31-45(68)69)58-41(33-83-82-81-76)48(73)51-15-16-57-84(77,78)38-7-2-34(3-8-38)35-4-9-39(10-5-35)85(79,80)59-40(49(74)75)28-55-47(72)36-6-11-42-37(26-36)27-56-64(42)17-1-12-52-50-53-13-14-54-50;2*3-2(4,5)1(6)7/h2-11,13-14,26-27,40-41,57,59,76H,1,12,15-25,28-33H2,(H,51,73)(H,55,72)(H,58,65)(H,66,67)(H,68,69)(H,70,71)(H,74,75)(H2,52,53,54);2*(H,6,7)/t40-,41?;;/m0../s1. The number of sulfonamides is 2. The molecule has 1 fully saturated rings. The Hall–Kier alpha value is -9.16. The molecule has 0 aliphatic carbocycles. The number of H-pyrrole nitrogens is 1. The first-order valence-corrected chi connectivity index (χ1v) is 32.6. The molecule has 546 valence electrons. The van der Waals surface area contributed by atoms with Crippen LogP contribution in [0.15, 0.2) is 95.1 Å². The van der Waals surface area contributed by atoms with Crippen LogP contribution in [0.2, 0.25) is 0 Å². The lowest BCUT2D eigenvalue weighted by molar-refractivity contribution is -0.432. The van der Waals surface area contributed by atoms with Crippen LogP contribution in [-0.2, 0) is 74.3 Å². The summed E-state index contributed by atoms with van der Waals surface area (Å²) in [4.78, 5) is 118. The molecule has 6 rings (SSSR count). The van der Waals surface area contributed by atoms with Gasteiger partial charge in [0.15, 0.2) is 5.95 Å². The number of halogens is 6. The number of carbonyl (C=O) groups excluding carboxylic acids is 3. The van der Waals surface area contributed by atoms with Crippen molar-refractivity contribution in [2.45, 2.75) is 47.2 Å². The van der Waals surface area contributed by atoms with E-state index in [2.05, 4.69) is 55.2 Å². The molecule has 99 heavy (non-hydrogen) atoms. The van der Waals surface area contributed by atoms with Gasteiger partial charge in [-0.3, -0.25) is 57.8 Å². The van der Waals surface area contributed by atoms with Crippen molar-refractivity contribution in [1.82, 2.24) is 64.7 Å². The van der Waals surface area contributed by atoms with E-state index in [1.165, 1.54) is 48.5 Å². The van der Waals surface area contributed by atoms with Crippen LogP contribution in [0, 0.1) is 0 Å². The molecule has 14 N–H and O–H groups in total. The van der Waals surface area contributed by atoms with E-state index >= 15 is 0 Å². The predicted octanol–water partition coefficient (Wildman–Crippen LogP) is -0.219. The molecule has 2 aromatic heterocycles. The van der Waals surface area contributed by atoms with Gasteiger partial charge in [-0.15, -0.1) is 4.33 Å². The van der Waals surface area contributed by atoms with Crippen molar-refractivity contribution in [3.63, 3.8) is 0 Å². The molecular weight excluding hydrogens is 1410 g/mol. The highest BCUT2D eigenvalue weighted by atomic mass is 32.2. The summed E-state index contributed by atoms with van der Waals surface area (Å²) in [7, 11) is -8.62. The number of alkyl halides is 6. The van der Waals surface area contributed by atoms with E-state index in [1.807, 2.05) is 0 Å². The number of carboxylic acids is 6. The Morgan fingerprint density at radius 3 is 1.56 bits per heavy atom. The predicted molar refractivity (Wildman–Crippen MR) is 331 cm³/mol. The number of benzene rings is 3. The van der Waals surface area contributed by atoms with Crippen LogP contribution in [0.3, 0.4) is 0 Å². The van der Waals surface area contributed by atoms with Crippen LogP contribution in [0.1, 0.15) is 16.8 Å². The number of fused-ring (bicyclic) bond motifs is 1. The van der Waals surface area contributed by atoms with Crippen LogP contribution in [0.25, 0.3) is 22.0 Å². The number of hydrogen-bond donors (Lipinski definition) is 14. The molecule has 1 unspecified atom stereocenters. The fraction of sp³-hybridized carbons (Fsp3) is 0.426. The largest absolute Gasteiger partial charge is 0.490 e. The third kappa shape index (κ3) is 29.8. The van der Waals surface area contributed by atoms with E-state index in [-0.39, 0.29) is 113 Å². The summed E-state index contributed by atoms with van der Waals surface area (Å²) in [6.07, 6.45) is -4.49. The topological polar surface area (TPSA) is 514 Å². The molecule has 2 atom stereocenters. The van der Waals surface area contributed by atoms with E-state index in [0.29, 0.717) is 47.6 Å². The van der Waals surface area contributed by atoms with Crippen molar-refractivity contribution < 1.29 is 132 Å².